The Balaban J connectivity index is 0. The Hall–Kier alpha value is 0.720. The maximum Gasteiger partial charge on any atom is 1.00 e. The van der Waals surface area contributed by atoms with Gasteiger partial charge < -0.3 is 17.3 Å². The monoisotopic (exact) mass is 289 g/mol. The molecule has 0 atom stereocenters. The third-order valence-corrected chi connectivity index (χ3v) is 0. The van der Waals surface area contributed by atoms with Crippen molar-refractivity contribution in [1.82, 2.24) is 0 Å². The van der Waals surface area contributed by atoms with Gasteiger partial charge in [-0.2, -0.15) is 0 Å². The minimum absolute atomic E-state index is 0. The predicted octanol–water partition coefficient (Wildman–Crippen LogP) is 1.30. The summed E-state index contributed by atoms with van der Waals surface area (Å²) in [5, 5.41) is 0. The molecule has 0 nitrogen and oxygen atoms in total. The van der Waals surface area contributed by atoms with Crippen LogP contribution in [0.15, 0.2) is 0 Å². The molecule has 6 heteroatoms. The summed E-state index contributed by atoms with van der Waals surface area (Å²) in [6.45, 7) is 0. The molecule has 0 heterocycles. The fourth-order valence-corrected chi connectivity index (χ4v) is 0. The van der Waals surface area contributed by atoms with E-state index in [1.165, 1.54) is 0 Å². The maximum atomic E-state index is 9.75. The van der Waals surface area contributed by atoms with Gasteiger partial charge in [0.1, 0.15) is 0 Å². The molecule has 0 saturated carbocycles. The molecular formula is BF4Hg. The molecule has 33 valence electrons. The van der Waals surface area contributed by atoms with Gasteiger partial charge in [-0.1, -0.05) is 0 Å². The molecule has 0 aromatic rings. The van der Waals surface area contributed by atoms with Gasteiger partial charge in [0, 0.05) is 0 Å². The van der Waals surface area contributed by atoms with E-state index >= 15 is 0 Å². The van der Waals surface area contributed by atoms with Crippen LogP contribution in [0, 0.1) is 0 Å². The molecule has 0 unspecified atom stereocenters. The molecule has 0 amide bonds. The zero-order valence-corrected chi connectivity index (χ0v) is 8.29. The first kappa shape index (κ1) is 9.87. The minimum atomic E-state index is -6.00. The third-order valence-electron chi connectivity index (χ3n) is 0. The summed E-state index contributed by atoms with van der Waals surface area (Å²) in [4.78, 5) is 0. The maximum absolute atomic E-state index is 9.75. The molecule has 0 aliphatic heterocycles. The van der Waals surface area contributed by atoms with Gasteiger partial charge in [-0.25, -0.2) is 0 Å². The second-order valence-electron chi connectivity index (χ2n) is 0.495. The first-order valence-corrected chi connectivity index (χ1v) is 0.873. The van der Waals surface area contributed by atoms with Gasteiger partial charge in [-0.15, -0.1) is 0 Å². The number of halogens is 4. The second-order valence-corrected chi connectivity index (χ2v) is 0.495. The van der Waals surface area contributed by atoms with Crippen LogP contribution in [-0.4, -0.2) is 7.25 Å². The normalized spacial score (nSPS) is 10.0. The van der Waals surface area contributed by atoms with Crippen molar-refractivity contribution in [2.75, 3.05) is 0 Å². The Bertz CT molecular complexity index is 23.0. The average Bonchev–Trinajstić information content (AvgIpc) is 0.722. The van der Waals surface area contributed by atoms with E-state index in [0.717, 1.165) is 0 Å². The number of hydrogen-bond acceptors (Lipinski definition) is 0. The summed E-state index contributed by atoms with van der Waals surface area (Å²) >= 11 is 0. The first-order chi connectivity index (χ1) is 2.00. The molecule has 0 spiro atoms. The van der Waals surface area contributed by atoms with Crippen molar-refractivity contribution < 1.29 is 44.9 Å². The van der Waals surface area contributed by atoms with Gasteiger partial charge in [-0.3, -0.25) is 0 Å². The number of hydrogen-bond donors (Lipinski definition) is 0. The van der Waals surface area contributed by atoms with Crippen molar-refractivity contribution in [3.63, 3.8) is 0 Å². The van der Waals surface area contributed by atoms with Gasteiger partial charge >= 0.3 is 34.9 Å². The molecule has 0 aliphatic rings. The molecule has 0 fully saturated rings. The van der Waals surface area contributed by atoms with Crippen LogP contribution in [0.3, 0.4) is 0 Å². The SMILES string of the molecule is F[B-](F)(F)F.[Hg+]. The summed E-state index contributed by atoms with van der Waals surface area (Å²) in [5.74, 6) is 0. The van der Waals surface area contributed by atoms with E-state index in [4.69, 9.17) is 0 Å². The van der Waals surface area contributed by atoms with Crippen molar-refractivity contribution in [1.29, 1.82) is 0 Å². The summed E-state index contributed by atoms with van der Waals surface area (Å²) < 4.78 is 39.0. The van der Waals surface area contributed by atoms with Crippen molar-refractivity contribution in [2.45, 2.75) is 0 Å². The largest absolute Gasteiger partial charge is 1.00 e. The molecule has 0 aliphatic carbocycles. The molecule has 6 heavy (non-hydrogen) atoms. The zero-order chi connectivity index (χ0) is 4.50. The van der Waals surface area contributed by atoms with Crippen LogP contribution in [0.25, 0.3) is 0 Å². The van der Waals surface area contributed by atoms with E-state index in [0.29, 0.717) is 0 Å². The van der Waals surface area contributed by atoms with Crippen LogP contribution in [-0.2, 0) is 27.7 Å². The van der Waals surface area contributed by atoms with E-state index in [1.807, 2.05) is 0 Å². The molecule has 0 aromatic carbocycles. The van der Waals surface area contributed by atoms with E-state index in [2.05, 4.69) is 0 Å². The Morgan fingerprint density at radius 1 is 0.833 bits per heavy atom. The van der Waals surface area contributed by atoms with E-state index in [1.54, 1.807) is 0 Å². The van der Waals surface area contributed by atoms with Gasteiger partial charge in [0.15, 0.2) is 0 Å². The van der Waals surface area contributed by atoms with Crippen LogP contribution < -0.4 is 0 Å². The van der Waals surface area contributed by atoms with Crippen LogP contribution in [0.5, 0.6) is 0 Å². The smallest absolute Gasteiger partial charge is 0.418 e. The quantitative estimate of drug-likeness (QED) is 0.465. The molecule has 1 radical (unpaired) electrons. The average molecular weight is 287 g/mol. The summed E-state index contributed by atoms with van der Waals surface area (Å²) in [6.07, 6.45) is 0. The molecule has 0 bridgehead atoms. The molecule has 0 rings (SSSR count). The van der Waals surface area contributed by atoms with Gasteiger partial charge in [0.05, 0.1) is 0 Å². The van der Waals surface area contributed by atoms with Crippen LogP contribution in [0.1, 0.15) is 0 Å². The Kier molecular flexibility index (Phi) is 4.64. The second kappa shape index (κ2) is 2.82. The standard InChI is InChI=1S/BF4.Hg/c2-1(3,4)5;/q-1;+1. The summed E-state index contributed by atoms with van der Waals surface area (Å²) in [7, 11) is -6.00. The van der Waals surface area contributed by atoms with Crippen molar-refractivity contribution >= 4 is 7.25 Å². The fraction of sp³-hybridized carbons (Fsp3) is 0. The van der Waals surface area contributed by atoms with Crippen molar-refractivity contribution in [3.8, 4) is 0 Å². The molecular weight excluding hydrogens is 287 g/mol. The van der Waals surface area contributed by atoms with E-state index < -0.39 is 7.25 Å². The minimum Gasteiger partial charge on any atom is -0.418 e. The van der Waals surface area contributed by atoms with Crippen molar-refractivity contribution in [2.24, 2.45) is 0 Å². The van der Waals surface area contributed by atoms with E-state index in [9.17, 15) is 17.3 Å². The fourth-order valence-electron chi connectivity index (χ4n) is 0. The van der Waals surface area contributed by atoms with Gasteiger partial charge in [-0.05, 0) is 0 Å². The van der Waals surface area contributed by atoms with Gasteiger partial charge in [0.2, 0.25) is 0 Å². The molecule has 0 N–H and O–H groups in total. The molecule has 0 saturated heterocycles. The van der Waals surface area contributed by atoms with Crippen LogP contribution in [0.4, 0.5) is 17.3 Å². The van der Waals surface area contributed by atoms with E-state index in [-0.39, 0.29) is 27.7 Å². The summed E-state index contributed by atoms with van der Waals surface area (Å²) in [5.41, 5.74) is 0. The first-order valence-electron chi connectivity index (χ1n) is 0.873. The topological polar surface area (TPSA) is 0 Å². The van der Waals surface area contributed by atoms with Crippen LogP contribution in [0.2, 0.25) is 0 Å². The zero-order valence-electron chi connectivity index (χ0n) is 2.80. The van der Waals surface area contributed by atoms with Crippen molar-refractivity contribution in [3.05, 3.63) is 0 Å². The predicted molar refractivity (Wildman–Crippen MR) is 10.2 cm³/mol. The Labute approximate surface area is 52.5 Å². The number of rotatable bonds is 0. The third kappa shape index (κ3) is 126. The molecule has 0 aromatic heterocycles. The summed E-state index contributed by atoms with van der Waals surface area (Å²) in [6, 6.07) is 0. The Morgan fingerprint density at radius 3 is 0.833 bits per heavy atom. The Morgan fingerprint density at radius 2 is 0.833 bits per heavy atom. The van der Waals surface area contributed by atoms with Gasteiger partial charge in [0.25, 0.3) is 0 Å². The van der Waals surface area contributed by atoms with Crippen LogP contribution >= 0.6 is 0 Å².